The van der Waals surface area contributed by atoms with Crippen LogP contribution in [0.1, 0.15) is 17.9 Å². The maximum atomic E-state index is 13.2. The third-order valence-corrected chi connectivity index (χ3v) is 5.96. The van der Waals surface area contributed by atoms with E-state index in [4.69, 9.17) is 13.9 Å². The number of rotatable bonds is 6. The lowest BCUT2D eigenvalue weighted by atomic mass is 9.80. The summed E-state index contributed by atoms with van der Waals surface area (Å²) < 4.78 is 17.3. The minimum Gasteiger partial charge on any atom is -0.496 e. The van der Waals surface area contributed by atoms with Gasteiger partial charge in [-0.25, -0.2) is 0 Å². The number of nitro benzene ring substituents is 1. The lowest BCUT2D eigenvalue weighted by Gasteiger charge is -2.32. The fourth-order valence-corrected chi connectivity index (χ4v) is 4.39. The second-order valence-electron chi connectivity index (χ2n) is 7.72. The fourth-order valence-electron chi connectivity index (χ4n) is 4.39. The van der Waals surface area contributed by atoms with Crippen molar-refractivity contribution >= 4 is 16.7 Å². The van der Waals surface area contributed by atoms with Crippen LogP contribution < -0.4 is 20.2 Å². The van der Waals surface area contributed by atoms with Crippen LogP contribution >= 0.6 is 0 Å². The van der Waals surface area contributed by atoms with Crippen molar-refractivity contribution in [2.24, 2.45) is 5.92 Å². The topological polar surface area (TPSA) is 124 Å². The van der Waals surface area contributed by atoms with Gasteiger partial charge >= 0.3 is 0 Å². The zero-order valence-electron chi connectivity index (χ0n) is 17.8. The second-order valence-corrected chi connectivity index (χ2v) is 7.72. The Kier molecular flexibility index (Phi) is 6.11. The lowest BCUT2D eigenvalue weighted by Crippen LogP contribution is -2.37. The van der Waals surface area contributed by atoms with Crippen LogP contribution in [-0.4, -0.2) is 43.9 Å². The molecule has 0 spiro atoms. The van der Waals surface area contributed by atoms with Crippen LogP contribution in [0.2, 0.25) is 0 Å². The standard InChI is InChI=1S/C23H24N2O7/c1-30-19-10-20(31-2)22-17(27)9-18(13-4-3-5-15(8-13)25(28)29)32-23(22)21(19)16-6-7-24-11-14(16)12-26/h3-5,8-10,14,16,24,26H,6-7,11-12H2,1-2H3/t14-,16+/m0/s1. The first-order valence-electron chi connectivity index (χ1n) is 10.3. The van der Waals surface area contributed by atoms with Gasteiger partial charge in [0, 0.05) is 54.5 Å². The van der Waals surface area contributed by atoms with E-state index in [2.05, 4.69) is 5.32 Å². The van der Waals surface area contributed by atoms with Crippen LogP contribution in [0.5, 0.6) is 11.5 Å². The number of hydrogen-bond acceptors (Lipinski definition) is 8. The van der Waals surface area contributed by atoms with E-state index in [0.717, 1.165) is 6.54 Å². The van der Waals surface area contributed by atoms with Crippen LogP contribution in [0.15, 0.2) is 45.6 Å². The number of non-ortho nitro benzene ring substituents is 1. The summed E-state index contributed by atoms with van der Waals surface area (Å²) in [5, 5.41) is 24.7. The second kappa shape index (κ2) is 8.97. The Hall–Kier alpha value is -3.43. The van der Waals surface area contributed by atoms with Crippen molar-refractivity contribution in [3.05, 3.63) is 62.3 Å². The van der Waals surface area contributed by atoms with Crippen molar-refractivity contribution in [1.29, 1.82) is 0 Å². The van der Waals surface area contributed by atoms with Gasteiger partial charge in [0.15, 0.2) is 5.43 Å². The van der Waals surface area contributed by atoms with Crippen molar-refractivity contribution in [3.8, 4) is 22.8 Å². The predicted molar refractivity (Wildman–Crippen MR) is 118 cm³/mol. The SMILES string of the molecule is COc1cc(OC)c2c(=O)cc(-c3cccc([N+](=O)[O-])c3)oc2c1[C@@H]1CCNC[C@H]1CO. The van der Waals surface area contributed by atoms with E-state index < -0.39 is 4.92 Å². The largest absolute Gasteiger partial charge is 0.496 e. The van der Waals surface area contributed by atoms with E-state index in [1.54, 1.807) is 18.2 Å². The summed E-state index contributed by atoms with van der Waals surface area (Å²) in [6.07, 6.45) is 0.716. The van der Waals surface area contributed by atoms with Gasteiger partial charge in [0.05, 0.1) is 19.1 Å². The van der Waals surface area contributed by atoms with E-state index in [9.17, 15) is 20.0 Å². The number of benzene rings is 2. The summed E-state index contributed by atoms with van der Waals surface area (Å²) in [5.74, 6) is 0.805. The highest BCUT2D eigenvalue weighted by Crippen LogP contribution is 2.44. The number of aliphatic hydroxyl groups is 1. The summed E-state index contributed by atoms with van der Waals surface area (Å²) in [5.41, 5.74) is 0.971. The molecular formula is C23H24N2O7. The van der Waals surface area contributed by atoms with Crippen LogP contribution in [0.25, 0.3) is 22.3 Å². The Bertz CT molecular complexity index is 1220. The zero-order chi connectivity index (χ0) is 22.8. The highest BCUT2D eigenvalue weighted by molar-refractivity contribution is 5.90. The van der Waals surface area contributed by atoms with Gasteiger partial charge in [-0.3, -0.25) is 14.9 Å². The van der Waals surface area contributed by atoms with Gasteiger partial charge in [0.1, 0.15) is 28.2 Å². The molecule has 0 radical (unpaired) electrons. The molecular weight excluding hydrogens is 416 g/mol. The molecule has 2 aromatic carbocycles. The molecule has 1 fully saturated rings. The van der Waals surface area contributed by atoms with E-state index >= 15 is 0 Å². The van der Waals surface area contributed by atoms with Gasteiger partial charge in [-0.05, 0) is 18.9 Å². The van der Waals surface area contributed by atoms with Crippen molar-refractivity contribution in [2.45, 2.75) is 12.3 Å². The van der Waals surface area contributed by atoms with Gasteiger partial charge in [-0.15, -0.1) is 0 Å². The molecule has 2 heterocycles. The number of aliphatic hydroxyl groups excluding tert-OH is 1. The lowest BCUT2D eigenvalue weighted by molar-refractivity contribution is -0.384. The highest BCUT2D eigenvalue weighted by atomic mass is 16.6. The molecule has 1 aliphatic heterocycles. The van der Waals surface area contributed by atoms with Gasteiger partial charge in [0.2, 0.25) is 0 Å². The number of nitro groups is 1. The van der Waals surface area contributed by atoms with Crippen LogP contribution in [0.3, 0.4) is 0 Å². The quantitative estimate of drug-likeness (QED) is 0.443. The molecule has 2 atom stereocenters. The number of methoxy groups -OCH3 is 2. The zero-order valence-corrected chi connectivity index (χ0v) is 17.8. The number of hydrogen-bond donors (Lipinski definition) is 2. The Morgan fingerprint density at radius 2 is 2.00 bits per heavy atom. The summed E-state index contributed by atoms with van der Waals surface area (Å²) in [6, 6.07) is 8.90. The number of fused-ring (bicyclic) bond motifs is 1. The summed E-state index contributed by atoms with van der Waals surface area (Å²) in [7, 11) is 2.99. The summed E-state index contributed by atoms with van der Waals surface area (Å²) >= 11 is 0. The molecule has 9 heteroatoms. The number of nitrogens with one attached hydrogen (secondary N) is 1. The summed E-state index contributed by atoms with van der Waals surface area (Å²) in [4.78, 5) is 23.9. The van der Waals surface area contributed by atoms with Crippen molar-refractivity contribution < 1.29 is 23.9 Å². The molecule has 1 aromatic heterocycles. The third kappa shape index (κ3) is 3.80. The van der Waals surface area contributed by atoms with Gasteiger partial charge in [-0.2, -0.15) is 0 Å². The summed E-state index contributed by atoms with van der Waals surface area (Å²) in [6.45, 7) is 1.32. The molecule has 1 saturated heterocycles. The third-order valence-electron chi connectivity index (χ3n) is 5.96. The maximum absolute atomic E-state index is 13.2. The maximum Gasteiger partial charge on any atom is 0.270 e. The molecule has 0 amide bonds. The minimum atomic E-state index is -0.499. The Morgan fingerprint density at radius 1 is 1.22 bits per heavy atom. The van der Waals surface area contributed by atoms with Gasteiger partial charge in [-0.1, -0.05) is 12.1 Å². The van der Waals surface area contributed by atoms with Crippen LogP contribution in [0.4, 0.5) is 5.69 Å². The molecule has 4 rings (SSSR count). The van der Waals surface area contributed by atoms with Crippen LogP contribution in [-0.2, 0) is 0 Å². The molecule has 168 valence electrons. The van der Waals surface area contributed by atoms with Gasteiger partial charge < -0.3 is 24.3 Å². The number of ether oxygens (including phenoxy) is 2. The first-order chi connectivity index (χ1) is 15.5. The predicted octanol–water partition coefficient (Wildman–Crippen LogP) is 3.07. The fraction of sp³-hybridized carbons (Fsp3) is 0.348. The molecule has 0 aliphatic carbocycles. The highest BCUT2D eigenvalue weighted by Gasteiger charge is 2.32. The first kappa shape index (κ1) is 21.8. The Labute approximate surface area is 183 Å². The average Bonchev–Trinajstić information content (AvgIpc) is 2.82. The molecule has 32 heavy (non-hydrogen) atoms. The molecule has 1 aliphatic rings. The van der Waals surface area contributed by atoms with Gasteiger partial charge in [0.25, 0.3) is 5.69 Å². The first-order valence-corrected chi connectivity index (χ1v) is 10.3. The monoisotopic (exact) mass is 440 g/mol. The molecule has 9 nitrogen and oxygen atoms in total. The minimum absolute atomic E-state index is 0.0385. The Morgan fingerprint density at radius 3 is 2.69 bits per heavy atom. The van der Waals surface area contributed by atoms with Crippen LogP contribution in [0, 0.1) is 16.0 Å². The number of piperidine rings is 1. The number of nitrogens with zero attached hydrogens (tertiary/aromatic N) is 1. The Balaban J connectivity index is 2.03. The molecule has 0 saturated carbocycles. The molecule has 0 bridgehead atoms. The van der Waals surface area contributed by atoms with E-state index in [1.165, 1.54) is 32.4 Å². The normalized spacial score (nSPS) is 18.5. The van der Waals surface area contributed by atoms with Crippen molar-refractivity contribution in [1.82, 2.24) is 5.32 Å². The van der Waals surface area contributed by atoms with E-state index in [0.29, 0.717) is 41.2 Å². The van der Waals surface area contributed by atoms with Crippen molar-refractivity contribution in [2.75, 3.05) is 33.9 Å². The molecule has 2 N–H and O–H groups in total. The smallest absolute Gasteiger partial charge is 0.270 e. The van der Waals surface area contributed by atoms with E-state index in [1.807, 2.05) is 0 Å². The molecule has 3 aromatic rings. The van der Waals surface area contributed by atoms with Crippen molar-refractivity contribution in [3.63, 3.8) is 0 Å². The average molecular weight is 440 g/mol. The molecule has 0 unspecified atom stereocenters. The van der Waals surface area contributed by atoms with E-state index in [-0.39, 0.29) is 40.7 Å².